The largest absolute Gasteiger partial charge is 0.369 e. The number of hydrogen-bond acceptors (Lipinski definition) is 2. The summed E-state index contributed by atoms with van der Waals surface area (Å²) in [4.78, 5) is 4.24. The van der Waals surface area contributed by atoms with Crippen LogP contribution in [0.25, 0.3) is 0 Å². The molecular formula is C18H22N4. The first-order valence-electron chi connectivity index (χ1n) is 7.50. The van der Waals surface area contributed by atoms with Crippen molar-refractivity contribution in [1.82, 2.24) is 5.43 Å². The summed E-state index contributed by atoms with van der Waals surface area (Å²) in [5, 5.41) is 4.08. The summed E-state index contributed by atoms with van der Waals surface area (Å²) >= 11 is 0. The molecule has 2 rings (SSSR count). The third kappa shape index (κ3) is 6.22. The molecule has 0 aromatic heterocycles. The molecule has 2 aromatic carbocycles. The summed E-state index contributed by atoms with van der Waals surface area (Å²) in [6.07, 6.45) is 4.54. The minimum atomic E-state index is 0.354. The van der Waals surface area contributed by atoms with Crippen LogP contribution in [0.2, 0.25) is 0 Å². The van der Waals surface area contributed by atoms with E-state index in [2.05, 4.69) is 39.8 Å². The van der Waals surface area contributed by atoms with Crippen LogP contribution in [0.1, 0.15) is 17.5 Å². The lowest BCUT2D eigenvalue weighted by molar-refractivity contribution is 0.920. The van der Waals surface area contributed by atoms with Crippen molar-refractivity contribution in [2.24, 2.45) is 15.8 Å². The Labute approximate surface area is 131 Å². The molecule has 0 aliphatic rings. The fourth-order valence-corrected chi connectivity index (χ4v) is 2.04. The van der Waals surface area contributed by atoms with E-state index >= 15 is 0 Å². The molecule has 0 heterocycles. The lowest BCUT2D eigenvalue weighted by Crippen LogP contribution is -2.27. The summed E-state index contributed by atoms with van der Waals surface area (Å²) in [7, 11) is 0. The van der Waals surface area contributed by atoms with Gasteiger partial charge >= 0.3 is 0 Å². The fourth-order valence-electron chi connectivity index (χ4n) is 2.04. The fraction of sp³-hybridized carbons (Fsp3) is 0.222. The van der Waals surface area contributed by atoms with Crippen LogP contribution in [0.15, 0.2) is 70.8 Å². The molecule has 2 aromatic rings. The highest BCUT2D eigenvalue weighted by Gasteiger charge is 1.92. The van der Waals surface area contributed by atoms with Gasteiger partial charge in [-0.3, -0.25) is 4.99 Å². The summed E-state index contributed by atoms with van der Waals surface area (Å²) < 4.78 is 0. The van der Waals surface area contributed by atoms with Crippen molar-refractivity contribution in [2.75, 3.05) is 6.54 Å². The second-order valence-electron chi connectivity index (χ2n) is 4.95. The zero-order valence-electron chi connectivity index (χ0n) is 12.7. The minimum absolute atomic E-state index is 0.354. The molecule has 0 atom stereocenters. The molecule has 0 bridgehead atoms. The van der Waals surface area contributed by atoms with Crippen LogP contribution in [0.5, 0.6) is 0 Å². The second kappa shape index (κ2) is 9.34. The van der Waals surface area contributed by atoms with Crippen LogP contribution >= 0.6 is 0 Å². The highest BCUT2D eigenvalue weighted by atomic mass is 15.3. The molecule has 0 amide bonds. The number of benzene rings is 2. The number of nitrogens with one attached hydrogen (secondary N) is 1. The summed E-state index contributed by atoms with van der Waals surface area (Å²) in [5.41, 5.74) is 11.1. The molecule has 114 valence electrons. The minimum Gasteiger partial charge on any atom is -0.369 e. The maximum Gasteiger partial charge on any atom is 0.209 e. The number of hydrogen-bond donors (Lipinski definition) is 2. The van der Waals surface area contributed by atoms with Gasteiger partial charge in [0.1, 0.15) is 0 Å². The predicted molar refractivity (Wildman–Crippen MR) is 93.0 cm³/mol. The molecule has 0 unspecified atom stereocenters. The molecule has 0 spiro atoms. The molecule has 4 nitrogen and oxygen atoms in total. The molecule has 0 aliphatic carbocycles. The Hall–Kier alpha value is -2.62. The Bertz CT molecular complexity index is 591. The normalized spacial score (nSPS) is 11.7. The van der Waals surface area contributed by atoms with Crippen LogP contribution in [-0.4, -0.2) is 18.7 Å². The molecule has 0 fully saturated rings. The highest BCUT2D eigenvalue weighted by molar-refractivity contribution is 5.78. The van der Waals surface area contributed by atoms with Crippen LogP contribution in [-0.2, 0) is 12.8 Å². The molecule has 4 heteroatoms. The Morgan fingerprint density at radius 2 is 1.50 bits per heavy atom. The lowest BCUT2D eigenvalue weighted by atomic mass is 10.1. The molecule has 22 heavy (non-hydrogen) atoms. The first kappa shape index (κ1) is 15.8. The molecular weight excluding hydrogens is 272 g/mol. The number of nitrogens with zero attached hydrogens (tertiary/aromatic N) is 2. The standard InChI is InChI=1S/C18H22N4/c19-18(20-15-13-17-10-5-2-6-11-17)22-21-14-7-12-16-8-3-1-4-9-16/h1-6,8-11,14H,7,12-13,15H2,(H3,19,20,22)/b21-14+. The van der Waals surface area contributed by atoms with Gasteiger partial charge in [-0.05, 0) is 30.4 Å². The summed E-state index contributed by atoms with van der Waals surface area (Å²) in [6, 6.07) is 20.6. The van der Waals surface area contributed by atoms with E-state index < -0.39 is 0 Å². The summed E-state index contributed by atoms with van der Waals surface area (Å²) in [6.45, 7) is 0.655. The van der Waals surface area contributed by atoms with E-state index in [1.54, 1.807) is 0 Å². The average molecular weight is 294 g/mol. The first-order chi connectivity index (χ1) is 10.8. The lowest BCUT2D eigenvalue weighted by Gasteiger charge is -2.00. The number of hydrazone groups is 1. The number of nitrogens with two attached hydrogens (primary N) is 1. The van der Waals surface area contributed by atoms with Gasteiger partial charge in [0.05, 0.1) is 0 Å². The first-order valence-corrected chi connectivity index (χ1v) is 7.50. The van der Waals surface area contributed by atoms with E-state index in [4.69, 9.17) is 5.73 Å². The van der Waals surface area contributed by atoms with E-state index in [9.17, 15) is 0 Å². The van der Waals surface area contributed by atoms with Crippen LogP contribution in [0.4, 0.5) is 0 Å². The number of aliphatic imine (C=N–C) groups is 1. The number of guanidine groups is 1. The zero-order valence-corrected chi connectivity index (χ0v) is 12.7. The maximum atomic E-state index is 5.76. The van der Waals surface area contributed by atoms with Crippen molar-refractivity contribution < 1.29 is 0 Å². The van der Waals surface area contributed by atoms with Crippen molar-refractivity contribution in [2.45, 2.75) is 19.3 Å². The van der Waals surface area contributed by atoms with Gasteiger partial charge in [-0.1, -0.05) is 60.7 Å². The predicted octanol–water partition coefficient (Wildman–Crippen LogP) is 2.75. The van der Waals surface area contributed by atoms with Gasteiger partial charge in [-0.15, -0.1) is 0 Å². The third-order valence-electron chi connectivity index (χ3n) is 3.20. The van der Waals surface area contributed by atoms with Crippen LogP contribution in [0.3, 0.4) is 0 Å². The molecule has 0 radical (unpaired) electrons. The average Bonchev–Trinajstić information content (AvgIpc) is 2.56. The SMILES string of the molecule is NC(=NCCc1ccccc1)N/N=C/CCc1ccccc1. The number of rotatable bonds is 7. The van der Waals surface area contributed by atoms with Crippen molar-refractivity contribution >= 4 is 12.2 Å². The van der Waals surface area contributed by atoms with E-state index in [0.29, 0.717) is 12.5 Å². The van der Waals surface area contributed by atoms with Crippen molar-refractivity contribution in [3.05, 3.63) is 71.8 Å². The Morgan fingerprint density at radius 3 is 2.14 bits per heavy atom. The molecule has 0 aliphatic heterocycles. The van der Waals surface area contributed by atoms with Gasteiger partial charge in [0.2, 0.25) is 5.96 Å². The molecule has 3 N–H and O–H groups in total. The molecule has 0 saturated carbocycles. The van der Waals surface area contributed by atoms with Crippen LogP contribution < -0.4 is 11.2 Å². The number of aryl methyl sites for hydroxylation is 1. The van der Waals surface area contributed by atoms with Crippen molar-refractivity contribution in [3.8, 4) is 0 Å². The third-order valence-corrected chi connectivity index (χ3v) is 3.20. The second-order valence-corrected chi connectivity index (χ2v) is 4.95. The Balaban J connectivity index is 1.63. The monoisotopic (exact) mass is 294 g/mol. The quantitative estimate of drug-likeness (QED) is 0.468. The van der Waals surface area contributed by atoms with Gasteiger partial charge in [-0.25, -0.2) is 5.43 Å². The zero-order chi connectivity index (χ0) is 15.5. The van der Waals surface area contributed by atoms with Crippen molar-refractivity contribution in [1.29, 1.82) is 0 Å². The Morgan fingerprint density at radius 1 is 0.909 bits per heavy atom. The van der Waals surface area contributed by atoms with Gasteiger partial charge in [0, 0.05) is 12.8 Å². The van der Waals surface area contributed by atoms with Gasteiger partial charge in [-0.2, -0.15) is 5.10 Å². The highest BCUT2D eigenvalue weighted by Crippen LogP contribution is 2.01. The Kier molecular flexibility index (Phi) is 6.69. The van der Waals surface area contributed by atoms with E-state index in [1.165, 1.54) is 11.1 Å². The topological polar surface area (TPSA) is 62.8 Å². The van der Waals surface area contributed by atoms with Gasteiger partial charge in [0.25, 0.3) is 0 Å². The van der Waals surface area contributed by atoms with E-state index in [0.717, 1.165) is 19.3 Å². The van der Waals surface area contributed by atoms with E-state index in [1.807, 2.05) is 42.6 Å². The van der Waals surface area contributed by atoms with Gasteiger partial charge < -0.3 is 5.73 Å². The van der Waals surface area contributed by atoms with Crippen LogP contribution in [0, 0.1) is 0 Å². The van der Waals surface area contributed by atoms with Crippen molar-refractivity contribution in [3.63, 3.8) is 0 Å². The van der Waals surface area contributed by atoms with E-state index in [-0.39, 0.29) is 0 Å². The maximum absolute atomic E-state index is 5.76. The summed E-state index contributed by atoms with van der Waals surface area (Å²) in [5.74, 6) is 0.354. The molecule has 0 saturated heterocycles. The van der Waals surface area contributed by atoms with Gasteiger partial charge in [0.15, 0.2) is 0 Å². The smallest absolute Gasteiger partial charge is 0.209 e.